The van der Waals surface area contributed by atoms with Gasteiger partial charge in [0.25, 0.3) is 17.8 Å². The molecule has 222 valence electrons. The van der Waals surface area contributed by atoms with Gasteiger partial charge in [0, 0.05) is 42.8 Å². The number of amides is 2. The van der Waals surface area contributed by atoms with Crippen molar-refractivity contribution in [3.05, 3.63) is 72.2 Å². The standard InChI is InChI=1S/C27H26F2N10O4/c1-16-13-18(5-8-20(16)25(41)31-10-12-42-15-22(40)38(2)27-34-36-37-35-27)33-23-24-32-14-21(39(24)11-9-30-23)17-3-6-19(7-4-17)43-26(28)29/h3-9,11,13-14,26H,10,12,15H2,1-2H3,(H,30,33)(H,31,41)(H,34,35,36,37). The Morgan fingerprint density at radius 3 is 2.67 bits per heavy atom. The first-order valence-electron chi connectivity index (χ1n) is 12.9. The zero-order valence-corrected chi connectivity index (χ0v) is 23.0. The smallest absolute Gasteiger partial charge is 0.387 e. The number of carbonyl (C=O) groups is 2. The SMILES string of the molecule is Cc1cc(Nc2nccn3c(-c4ccc(OC(F)F)cc4)cnc23)ccc1C(=O)NCCOCC(=O)N(C)c1nn[nH]n1. The molecule has 2 amide bonds. The Labute approximate surface area is 243 Å². The van der Waals surface area contributed by atoms with Crippen LogP contribution in [0.15, 0.2) is 61.1 Å². The Morgan fingerprint density at radius 1 is 1.14 bits per heavy atom. The van der Waals surface area contributed by atoms with E-state index in [0.717, 1.165) is 16.8 Å². The lowest BCUT2D eigenvalue weighted by molar-refractivity contribution is -0.122. The fourth-order valence-corrected chi connectivity index (χ4v) is 4.16. The number of aromatic amines is 1. The van der Waals surface area contributed by atoms with Gasteiger partial charge < -0.3 is 20.1 Å². The number of carbonyl (C=O) groups excluding carboxylic acids is 2. The molecule has 5 aromatic rings. The quantitative estimate of drug-likeness (QED) is 0.184. The van der Waals surface area contributed by atoms with Crippen LogP contribution in [0, 0.1) is 6.92 Å². The van der Waals surface area contributed by atoms with E-state index in [1.54, 1.807) is 42.9 Å². The van der Waals surface area contributed by atoms with Crippen LogP contribution in [0.1, 0.15) is 15.9 Å². The highest BCUT2D eigenvalue weighted by atomic mass is 19.3. The van der Waals surface area contributed by atoms with Crippen LogP contribution < -0.4 is 20.3 Å². The largest absolute Gasteiger partial charge is 0.435 e. The lowest BCUT2D eigenvalue weighted by Gasteiger charge is -2.13. The number of fused-ring (bicyclic) bond motifs is 1. The number of hydrogen-bond acceptors (Lipinski definition) is 10. The highest BCUT2D eigenvalue weighted by Crippen LogP contribution is 2.27. The Hall–Kier alpha value is -5.51. The highest BCUT2D eigenvalue weighted by molar-refractivity contribution is 5.96. The molecule has 0 aliphatic heterocycles. The maximum atomic E-state index is 12.7. The molecule has 43 heavy (non-hydrogen) atoms. The molecule has 0 saturated heterocycles. The number of hydrogen-bond donors (Lipinski definition) is 3. The summed E-state index contributed by atoms with van der Waals surface area (Å²) in [7, 11) is 1.50. The summed E-state index contributed by atoms with van der Waals surface area (Å²) in [4.78, 5) is 34.9. The molecular formula is C27H26F2N10O4. The number of nitrogens with one attached hydrogen (secondary N) is 3. The Kier molecular flexibility index (Phi) is 8.76. The number of rotatable bonds is 12. The van der Waals surface area contributed by atoms with E-state index < -0.39 is 6.61 Å². The monoisotopic (exact) mass is 592 g/mol. The predicted molar refractivity (Wildman–Crippen MR) is 150 cm³/mol. The molecule has 3 N–H and O–H groups in total. The number of anilines is 3. The van der Waals surface area contributed by atoms with Crippen LogP contribution in [0.25, 0.3) is 16.9 Å². The van der Waals surface area contributed by atoms with Gasteiger partial charge in [0.1, 0.15) is 12.4 Å². The Bertz CT molecular complexity index is 1710. The average molecular weight is 593 g/mol. The van der Waals surface area contributed by atoms with Crippen molar-refractivity contribution in [1.82, 2.24) is 40.3 Å². The highest BCUT2D eigenvalue weighted by Gasteiger charge is 2.16. The number of H-pyrrole nitrogens is 1. The molecule has 16 heteroatoms. The van der Waals surface area contributed by atoms with E-state index >= 15 is 0 Å². The summed E-state index contributed by atoms with van der Waals surface area (Å²) in [5, 5.41) is 19.1. The van der Waals surface area contributed by atoms with Crippen molar-refractivity contribution in [2.24, 2.45) is 0 Å². The van der Waals surface area contributed by atoms with Gasteiger partial charge in [0.15, 0.2) is 11.5 Å². The number of ether oxygens (including phenoxy) is 2. The van der Waals surface area contributed by atoms with Crippen molar-refractivity contribution in [3.8, 4) is 17.0 Å². The fourth-order valence-electron chi connectivity index (χ4n) is 4.16. The third-order valence-corrected chi connectivity index (χ3v) is 6.30. The summed E-state index contributed by atoms with van der Waals surface area (Å²) in [5.74, 6) is 0.0332. The van der Waals surface area contributed by atoms with Crippen molar-refractivity contribution in [2.45, 2.75) is 13.5 Å². The molecule has 0 aliphatic carbocycles. The molecule has 0 aliphatic rings. The third-order valence-electron chi connectivity index (χ3n) is 6.30. The van der Waals surface area contributed by atoms with Crippen LogP contribution in [0.2, 0.25) is 0 Å². The number of likely N-dealkylation sites (N-methyl/N-ethyl adjacent to an activating group) is 1. The zero-order valence-electron chi connectivity index (χ0n) is 23.0. The molecular weight excluding hydrogens is 566 g/mol. The first-order valence-corrected chi connectivity index (χ1v) is 12.9. The molecule has 0 saturated carbocycles. The van der Waals surface area contributed by atoms with Crippen LogP contribution in [-0.4, -0.2) is 80.2 Å². The van der Waals surface area contributed by atoms with Crippen LogP contribution in [0.3, 0.4) is 0 Å². The van der Waals surface area contributed by atoms with Crippen LogP contribution >= 0.6 is 0 Å². The fraction of sp³-hybridized carbons (Fsp3) is 0.222. The lowest BCUT2D eigenvalue weighted by atomic mass is 10.1. The number of benzene rings is 2. The van der Waals surface area contributed by atoms with Crippen molar-refractivity contribution in [2.75, 3.05) is 37.0 Å². The van der Waals surface area contributed by atoms with Crippen LogP contribution in [-0.2, 0) is 9.53 Å². The summed E-state index contributed by atoms with van der Waals surface area (Å²) in [6.45, 7) is -0.956. The van der Waals surface area contributed by atoms with Gasteiger partial charge in [0.2, 0.25) is 0 Å². The number of halogens is 2. The summed E-state index contributed by atoms with van der Waals surface area (Å²) >= 11 is 0. The number of tetrazole rings is 1. The molecule has 0 atom stereocenters. The molecule has 0 unspecified atom stereocenters. The Morgan fingerprint density at radius 2 is 1.95 bits per heavy atom. The van der Waals surface area contributed by atoms with E-state index in [1.165, 1.54) is 24.1 Å². The Balaban J connectivity index is 1.17. The third kappa shape index (κ3) is 6.87. The molecule has 14 nitrogen and oxygen atoms in total. The molecule has 3 aromatic heterocycles. The number of aryl methyl sites for hydroxylation is 1. The van der Waals surface area contributed by atoms with Gasteiger partial charge in [-0.25, -0.2) is 9.97 Å². The van der Waals surface area contributed by atoms with Gasteiger partial charge in [-0.2, -0.15) is 14.0 Å². The van der Waals surface area contributed by atoms with Gasteiger partial charge in [0.05, 0.1) is 18.5 Å². The molecule has 0 radical (unpaired) electrons. The van der Waals surface area contributed by atoms with Gasteiger partial charge in [-0.3, -0.25) is 18.9 Å². The second-order valence-electron chi connectivity index (χ2n) is 9.14. The van der Waals surface area contributed by atoms with Gasteiger partial charge in [-0.15, -0.1) is 5.10 Å². The van der Waals surface area contributed by atoms with E-state index in [4.69, 9.17) is 4.74 Å². The number of nitrogens with zero attached hydrogens (tertiary/aromatic N) is 7. The first kappa shape index (κ1) is 29.0. The molecule has 5 rings (SSSR count). The van der Waals surface area contributed by atoms with E-state index in [-0.39, 0.29) is 43.3 Å². The predicted octanol–water partition coefficient (Wildman–Crippen LogP) is 2.97. The van der Waals surface area contributed by atoms with Crippen molar-refractivity contribution in [1.29, 1.82) is 0 Å². The molecule has 3 heterocycles. The summed E-state index contributed by atoms with van der Waals surface area (Å²) in [6, 6.07) is 11.5. The lowest BCUT2D eigenvalue weighted by Crippen LogP contribution is -2.33. The summed E-state index contributed by atoms with van der Waals surface area (Å²) in [5.41, 5.74) is 3.94. The van der Waals surface area contributed by atoms with Gasteiger partial charge >= 0.3 is 6.61 Å². The van der Waals surface area contributed by atoms with Crippen LogP contribution in [0.5, 0.6) is 5.75 Å². The van der Waals surface area contributed by atoms with Crippen LogP contribution in [0.4, 0.5) is 26.2 Å². The average Bonchev–Trinajstić information content (AvgIpc) is 3.68. The van der Waals surface area contributed by atoms with E-state index in [0.29, 0.717) is 22.7 Å². The maximum absolute atomic E-state index is 12.7. The van der Waals surface area contributed by atoms with E-state index in [2.05, 4.69) is 46.0 Å². The van der Waals surface area contributed by atoms with E-state index in [9.17, 15) is 18.4 Å². The molecule has 0 fully saturated rings. The molecule has 0 bridgehead atoms. The molecule has 2 aromatic carbocycles. The molecule has 0 spiro atoms. The zero-order chi connectivity index (χ0) is 30.3. The normalized spacial score (nSPS) is 11.1. The minimum absolute atomic E-state index is 0.0650. The number of imidazole rings is 1. The first-order chi connectivity index (χ1) is 20.8. The number of alkyl halides is 2. The van der Waals surface area contributed by atoms with Crippen molar-refractivity contribution < 1.29 is 27.8 Å². The summed E-state index contributed by atoms with van der Waals surface area (Å²) < 4.78 is 36.5. The minimum Gasteiger partial charge on any atom is -0.435 e. The van der Waals surface area contributed by atoms with Crippen molar-refractivity contribution >= 4 is 34.9 Å². The summed E-state index contributed by atoms with van der Waals surface area (Å²) in [6.07, 6.45) is 5.02. The van der Waals surface area contributed by atoms with Gasteiger partial charge in [-0.1, -0.05) is 5.10 Å². The van der Waals surface area contributed by atoms with E-state index in [1.807, 2.05) is 17.4 Å². The topological polar surface area (TPSA) is 165 Å². The second-order valence-corrected chi connectivity index (χ2v) is 9.14. The number of aromatic nitrogens is 7. The minimum atomic E-state index is -2.89. The van der Waals surface area contributed by atoms with Crippen molar-refractivity contribution in [3.63, 3.8) is 0 Å². The maximum Gasteiger partial charge on any atom is 0.387 e. The van der Waals surface area contributed by atoms with Gasteiger partial charge in [-0.05, 0) is 60.2 Å². The second kappa shape index (κ2) is 13.0.